The first-order chi connectivity index (χ1) is 30.0. The standard InChI is InChI=1S/C58H43NO2/c1-57(2)46-24-10-9-23-44(46)45-33-32-43(37-50(45)57)59(42-22-15-21-40(35-42)38-17-5-3-6-18-38)52-28-16-27-49-56(52)61-54-30-14-12-26-48(54)58(49)47-25-11-13-29-53(47)60-55-34-31-41(36-51(55)58)39-19-7-4-8-20-39/h3,5-7,9-37H,4,8H2,1-2H3. The number of rotatable bonds is 5. The molecule has 0 saturated heterocycles. The zero-order valence-corrected chi connectivity index (χ0v) is 34.2. The van der Waals surface area contributed by atoms with Gasteiger partial charge in [0.1, 0.15) is 17.2 Å². The topological polar surface area (TPSA) is 21.7 Å². The van der Waals surface area contributed by atoms with Crippen molar-refractivity contribution in [2.45, 2.75) is 37.5 Å². The van der Waals surface area contributed by atoms with E-state index in [2.05, 4.69) is 219 Å². The van der Waals surface area contributed by atoms with Gasteiger partial charge in [-0.05, 0) is 112 Å². The molecule has 0 amide bonds. The maximum atomic E-state index is 7.33. The van der Waals surface area contributed by atoms with E-state index in [1.807, 2.05) is 0 Å². The van der Waals surface area contributed by atoms with Gasteiger partial charge in [-0.1, -0.05) is 159 Å². The van der Waals surface area contributed by atoms with Crippen LogP contribution in [0.3, 0.4) is 0 Å². The summed E-state index contributed by atoms with van der Waals surface area (Å²) in [6.45, 7) is 4.70. The fourth-order valence-electron chi connectivity index (χ4n) is 10.6. The van der Waals surface area contributed by atoms with Gasteiger partial charge in [0.2, 0.25) is 0 Å². The second-order valence-corrected chi connectivity index (χ2v) is 17.1. The fraction of sp³-hybridized carbons (Fsp3) is 0.103. The Morgan fingerprint density at radius 3 is 1.90 bits per heavy atom. The van der Waals surface area contributed by atoms with Gasteiger partial charge in [0.15, 0.2) is 5.75 Å². The Hall–Kier alpha value is -7.36. The average molecular weight is 786 g/mol. The Bertz CT molecular complexity index is 3120. The lowest BCUT2D eigenvalue weighted by Crippen LogP contribution is -2.37. The molecular formula is C58H43NO2. The number of fused-ring (bicyclic) bond motifs is 11. The third-order valence-electron chi connectivity index (χ3n) is 13.4. The van der Waals surface area contributed by atoms with Crippen molar-refractivity contribution < 1.29 is 9.47 Å². The van der Waals surface area contributed by atoms with E-state index in [1.54, 1.807) is 0 Å². The Balaban J connectivity index is 1.14. The Kier molecular flexibility index (Phi) is 7.92. The van der Waals surface area contributed by atoms with Crippen LogP contribution in [0, 0.1) is 0 Å². The number of nitrogens with zero attached hydrogens (tertiary/aromatic N) is 1. The van der Waals surface area contributed by atoms with E-state index in [0.29, 0.717) is 0 Å². The number of ether oxygens (including phenoxy) is 2. The van der Waals surface area contributed by atoms with Crippen molar-refractivity contribution in [1.82, 2.24) is 0 Å². The van der Waals surface area contributed by atoms with Gasteiger partial charge >= 0.3 is 0 Å². The van der Waals surface area contributed by atoms with Crippen LogP contribution in [0.2, 0.25) is 0 Å². The third kappa shape index (κ3) is 5.30. The molecule has 0 bridgehead atoms. The van der Waals surface area contributed by atoms with Crippen LogP contribution < -0.4 is 14.4 Å². The normalized spacial score (nSPS) is 17.0. The van der Waals surface area contributed by atoms with Crippen LogP contribution in [0.25, 0.3) is 27.8 Å². The number of benzene rings is 8. The van der Waals surface area contributed by atoms with E-state index in [4.69, 9.17) is 9.47 Å². The lowest BCUT2D eigenvalue weighted by molar-refractivity contribution is 0.400. The second-order valence-electron chi connectivity index (χ2n) is 17.1. The van der Waals surface area contributed by atoms with Gasteiger partial charge in [-0.25, -0.2) is 0 Å². The Morgan fingerprint density at radius 2 is 1.10 bits per heavy atom. The lowest BCUT2D eigenvalue weighted by Gasteiger charge is -2.45. The van der Waals surface area contributed by atoms with Crippen molar-refractivity contribution in [3.8, 4) is 45.3 Å². The first-order valence-corrected chi connectivity index (χ1v) is 21.4. The highest BCUT2D eigenvalue weighted by molar-refractivity contribution is 5.90. The van der Waals surface area contributed by atoms with Crippen molar-refractivity contribution >= 4 is 22.6 Å². The first-order valence-electron chi connectivity index (χ1n) is 21.4. The predicted molar refractivity (Wildman–Crippen MR) is 249 cm³/mol. The van der Waals surface area contributed by atoms with Crippen molar-refractivity contribution in [3.63, 3.8) is 0 Å². The minimum atomic E-state index is -0.752. The number of hydrogen-bond donors (Lipinski definition) is 0. The minimum absolute atomic E-state index is 0.175. The highest BCUT2D eigenvalue weighted by Gasteiger charge is 2.51. The molecule has 3 heteroatoms. The maximum absolute atomic E-state index is 7.33. The van der Waals surface area contributed by atoms with Crippen LogP contribution in [-0.4, -0.2) is 0 Å². The molecule has 8 aromatic carbocycles. The second kappa shape index (κ2) is 13.6. The zero-order valence-electron chi connectivity index (χ0n) is 34.2. The van der Waals surface area contributed by atoms with Crippen LogP contribution in [0.15, 0.2) is 200 Å². The van der Waals surface area contributed by atoms with Gasteiger partial charge in [0.25, 0.3) is 0 Å². The quantitative estimate of drug-likeness (QED) is 0.173. The van der Waals surface area contributed by atoms with Gasteiger partial charge in [-0.15, -0.1) is 0 Å². The molecule has 0 aromatic heterocycles. The summed E-state index contributed by atoms with van der Waals surface area (Å²) in [6, 6.07) is 66.0. The summed E-state index contributed by atoms with van der Waals surface area (Å²) in [4.78, 5) is 2.41. The van der Waals surface area contributed by atoms with Gasteiger partial charge in [-0.3, -0.25) is 0 Å². The molecule has 61 heavy (non-hydrogen) atoms. The van der Waals surface area contributed by atoms with Crippen LogP contribution in [-0.2, 0) is 10.8 Å². The molecule has 2 heterocycles. The lowest BCUT2D eigenvalue weighted by atomic mass is 9.62. The molecule has 1 spiro atoms. The number of para-hydroxylation sites is 3. The van der Waals surface area contributed by atoms with Gasteiger partial charge < -0.3 is 14.4 Å². The molecule has 1 unspecified atom stereocenters. The minimum Gasteiger partial charge on any atom is -0.457 e. The van der Waals surface area contributed by atoms with E-state index in [-0.39, 0.29) is 5.41 Å². The maximum Gasteiger partial charge on any atom is 0.156 e. The highest BCUT2D eigenvalue weighted by Crippen LogP contribution is 2.64. The van der Waals surface area contributed by atoms with E-state index in [0.717, 1.165) is 80.7 Å². The van der Waals surface area contributed by atoms with E-state index in [1.165, 1.54) is 39.0 Å². The summed E-state index contributed by atoms with van der Waals surface area (Å²) < 4.78 is 14.2. The molecule has 4 aliphatic rings. The van der Waals surface area contributed by atoms with Gasteiger partial charge in [-0.2, -0.15) is 0 Å². The molecule has 12 rings (SSSR count). The molecule has 1 atom stereocenters. The van der Waals surface area contributed by atoms with Crippen LogP contribution >= 0.6 is 0 Å². The van der Waals surface area contributed by atoms with E-state index in [9.17, 15) is 0 Å². The predicted octanol–water partition coefficient (Wildman–Crippen LogP) is 15.5. The smallest absolute Gasteiger partial charge is 0.156 e. The zero-order chi connectivity index (χ0) is 40.7. The SMILES string of the molecule is CC1(C)c2ccccc2-c2ccc(N(c3cccc(-c4ccccc4)c3)c3cccc4c3Oc3ccccc3C43c4ccccc4Oc4ccc(C5=CCCC=C5)cc43)cc21. The molecule has 0 saturated carbocycles. The first kappa shape index (κ1) is 35.6. The Morgan fingerprint density at radius 1 is 0.443 bits per heavy atom. The highest BCUT2D eigenvalue weighted by atomic mass is 16.5. The molecule has 0 fully saturated rings. The summed E-state index contributed by atoms with van der Waals surface area (Å²) in [5, 5.41) is 0. The van der Waals surface area contributed by atoms with Crippen molar-refractivity contribution in [1.29, 1.82) is 0 Å². The molecular weight excluding hydrogens is 743 g/mol. The van der Waals surface area contributed by atoms with Crippen LogP contribution in [0.5, 0.6) is 23.0 Å². The van der Waals surface area contributed by atoms with Crippen molar-refractivity contribution in [2.24, 2.45) is 0 Å². The monoisotopic (exact) mass is 785 g/mol. The summed E-state index contributed by atoms with van der Waals surface area (Å²) in [5.41, 5.74) is 16.5. The molecule has 2 aliphatic carbocycles. The van der Waals surface area contributed by atoms with Crippen molar-refractivity contribution in [3.05, 3.63) is 239 Å². The number of allylic oxidation sites excluding steroid dienone is 4. The third-order valence-corrected chi connectivity index (χ3v) is 13.4. The van der Waals surface area contributed by atoms with E-state index < -0.39 is 5.41 Å². The molecule has 0 N–H and O–H groups in total. The van der Waals surface area contributed by atoms with Crippen LogP contribution in [0.1, 0.15) is 65.6 Å². The summed E-state index contributed by atoms with van der Waals surface area (Å²) in [5.74, 6) is 3.35. The average Bonchev–Trinajstić information content (AvgIpc) is 3.55. The van der Waals surface area contributed by atoms with Gasteiger partial charge in [0, 0.05) is 39.0 Å². The van der Waals surface area contributed by atoms with Gasteiger partial charge in [0.05, 0.1) is 11.1 Å². The Labute approximate surface area is 357 Å². The summed E-state index contributed by atoms with van der Waals surface area (Å²) >= 11 is 0. The molecule has 292 valence electrons. The largest absolute Gasteiger partial charge is 0.457 e. The number of hydrogen-bond acceptors (Lipinski definition) is 3. The molecule has 3 nitrogen and oxygen atoms in total. The summed E-state index contributed by atoms with van der Waals surface area (Å²) in [6.07, 6.45) is 8.99. The molecule has 8 aromatic rings. The van der Waals surface area contributed by atoms with E-state index >= 15 is 0 Å². The number of anilines is 3. The molecule has 2 aliphatic heterocycles. The molecule has 0 radical (unpaired) electrons. The van der Waals surface area contributed by atoms with Crippen molar-refractivity contribution in [2.75, 3.05) is 4.90 Å². The van der Waals surface area contributed by atoms with Crippen LogP contribution in [0.4, 0.5) is 17.1 Å². The summed E-state index contributed by atoms with van der Waals surface area (Å²) in [7, 11) is 0. The fourth-order valence-corrected chi connectivity index (χ4v) is 10.6.